The van der Waals surface area contributed by atoms with Gasteiger partial charge in [0.15, 0.2) is 0 Å². The Balaban J connectivity index is 2.24. The fourth-order valence-electron chi connectivity index (χ4n) is 2.03. The number of ether oxygens (including phenoxy) is 2. The van der Waals surface area contributed by atoms with E-state index in [1.54, 1.807) is 24.3 Å². The summed E-state index contributed by atoms with van der Waals surface area (Å²) in [4.78, 5) is 18.3. The van der Waals surface area contributed by atoms with Crippen LogP contribution in [0, 0.1) is 3.57 Å². The number of amides is 1. The van der Waals surface area contributed by atoms with Crippen LogP contribution in [0.4, 0.5) is 0 Å². The smallest absolute Gasteiger partial charge is 0.260 e. The molecule has 2 heterocycles. The van der Waals surface area contributed by atoms with Gasteiger partial charge >= 0.3 is 0 Å². The number of hydrogen-bond acceptors (Lipinski definition) is 4. The lowest BCUT2D eigenvalue weighted by Crippen LogP contribution is -2.31. The highest BCUT2D eigenvalue weighted by molar-refractivity contribution is 14.1. The quantitative estimate of drug-likeness (QED) is 0.766. The molecule has 5 nitrogen and oxygen atoms in total. The van der Waals surface area contributed by atoms with Gasteiger partial charge in [0.25, 0.3) is 5.91 Å². The van der Waals surface area contributed by atoms with E-state index in [1.807, 2.05) is 0 Å². The first-order chi connectivity index (χ1) is 8.67. The first kappa shape index (κ1) is 13.5. The van der Waals surface area contributed by atoms with Crippen LogP contribution in [0.25, 0.3) is 0 Å². The zero-order chi connectivity index (χ0) is 13.1. The summed E-state index contributed by atoms with van der Waals surface area (Å²) in [6.45, 7) is 1.34. The first-order valence-corrected chi connectivity index (χ1v) is 6.75. The molecule has 0 unspecified atom stereocenters. The van der Waals surface area contributed by atoms with Crippen molar-refractivity contribution in [1.29, 1.82) is 0 Å². The third-order valence-corrected chi connectivity index (χ3v) is 3.94. The summed E-state index contributed by atoms with van der Waals surface area (Å²) in [7, 11) is 3.20. The molecule has 1 aliphatic heterocycles. The van der Waals surface area contributed by atoms with Gasteiger partial charge in [0.2, 0.25) is 5.88 Å². The molecule has 1 aliphatic rings. The standard InChI is InChI=1S/C12H15IN2O3/c1-17-8-4-6-15(7-8)12(16)10-9(13)3-5-14-11(10)18-2/h3,5,8H,4,6-7H2,1-2H3/t8-/m0/s1. The van der Waals surface area contributed by atoms with Gasteiger partial charge in [-0.1, -0.05) is 0 Å². The highest BCUT2D eigenvalue weighted by Gasteiger charge is 2.29. The Kier molecular flexibility index (Phi) is 4.39. The Morgan fingerprint density at radius 3 is 2.94 bits per heavy atom. The predicted octanol–water partition coefficient (Wildman–Crippen LogP) is 1.56. The van der Waals surface area contributed by atoms with Gasteiger partial charge in [0.05, 0.1) is 13.2 Å². The number of nitrogens with zero attached hydrogens (tertiary/aromatic N) is 2. The lowest BCUT2D eigenvalue weighted by Gasteiger charge is -2.18. The Hall–Kier alpha value is -0.890. The van der Waals surface area contributed by atoms with Crippen molar-refractivity contribution in [3.63, 3.8) is 0 Å². The van der Waals surface area contributed by atoms with Crippen LogP contribution < -0.4 is 4.74 Å². The summed E-state index contributed by atoms with van der Waals surface area (Å²) in [6, 6.07) is 1.81. The number of halogens is 1. The number of pyridine rings is 1. The summed E-state index contributed by atoms with van der Waals surface area (Å²) in [5.74, 6) is 0.344. The summed E-state index contributed by atoms with van der Waals surface area (Å²) in [6.07, 6.45) is 2.65. The van der Waals surface area contributed by atoms with Gasteiger partial charge in [-0.3, -0.25) is 4.79 Å². The second-order valence-corrected chi connectivity index (χ2v) is 5.24. The van der Waals surface area contributed by atoms with Crippen LogP contribution in [0.15, 0.2) is 12.3 Å². The molecule has 0 radical (unpaired) electrons. The largest absolute Gasteiger partial charge is 0.480 e. The number of rotatable bonds is 3. The molecular weight excluding hydrogens is 347 g/mol. The molecule has 0 aromatic carbocycles. The number of hydrogen-bond donors (Lipinski definition) is 0. The molecule has 1 saturated heterocycles. The molecule has 98 valence electrons. The maximum Gasteiger partial charge on any atom is 0.260 e. The zero-order valence-electron chi connectivity index (χ0n) is 10.4. The van der Waals surface area contributed by atoms with Crippen LogP contribution in [0.2, 0.25) is 0 Å². The molecular formula is C12H15IN2O3. The van der Waals surface area contributed by atoms with Crippen molar-refractivity contribution < 1.29 is 14.3 Å². The van der Waals surface area contributed by atoms with E-state index in [9.17, 15) is 4.79 Å². The van der Waals surface area contributed by atoms with Crippen LogP contribution in [0.3, 0.4) is 0 Å². The Labute approximate surface area is 120 Å². The third kappa shape index (κ3) is 2.59. The van der Waals surface area contributed by atoms with E-state index in [2.05, 4.69) is 27.6 Å². The second kappa shape index (κ2) is 5.83. The minimum atomic E-state index is -0.0381. The fraction of sp³-hybridized carbons (Fsp3) is 0.500. The van der Waals surface area contributed by atoms with Crippen molar-refractivity contribution in [1.82, 2.24) is 9.88 Å². The van der Waals surface area contributed by atoms with Gasteiger partial charge in [-0.15, -0.1) is 0 Å². The van der Waals surface area contributed by atoms with Crippen LogP contribution in [-0.4, -0.2) is 49.2 Å². The summed E-state index contributed by atoms with van der Waals surface area (Å²) in [5, 5.41) is 0. The molecule has 0 aliphatic carbocycles. The molecule has 0 spiro atoms. The van der Waals surface area contributed by atoms with Gasteiger partial charge in [0, 0.05) is 30.0 Å². The van der Waals surface area contributed by atoms with Gasteiger partial charge in [-0.05, 0) is 35.1 Å². The molecule has 18 heavy (non-hydrogen) atoms. The summed E-state index contributed by atoms with van der Waals surface area (Å²) < 4.78 is 11.3. The molecule has 1 fully saturated rings. The molecule has 2 rings (SSSR count). The molecule has 0 bridgehead atoms. The molecule has 1 aromatic heterocycles. The van der Waals surface area contributed by atoms with Crippen LogP contribution in [0.1, 0.15) is 16.8 Å². The molecule has 6 heteroatoms. The highest BCUT2D eigenvalue weighted by atomic mass is 127. The minimum Gasteiger partial charge on any atom is -0.480 e. The van der Waals surface area contributed by atoms with Crippen molar-refractivity contribution in [2.45, 2.75) is 12.5 Å². The molecule has 1 amide bonds. The lowest BCUT2D eigenvalue weighted by atomic mass is 10.2. The molecule has 0 N–H and O–H groups in total. The fourth-order valence-corrected chi connectivity index (χ4v) is 2.65. The summed E-state index contributed by atoms with van der Waals surface area (Å²) >= 11 is 2.13. The van der Waals surface area contributed by atoms with E-state index < -0.39 is 0 Å². The summed E-state index contributed by atoms with van der Waals surface area (Å²) in [5.41, 5.74) is 0.539. The van der Waals surface area contributed by atoms with E-state index in [0.717, 1.165) is 9.99 Å². The zero-order valence-corrected chi connectivity index (χ0v) is 12.5. The van der Waals surface area contributed by atoms with Gasteiger partial charge in [-0.25, -0.2) is 4.98 Å². The maximum atomic E-state index is 12.5. The highest BCUT2D eigenvalue weighted by Crippen LogP contribution is 2.25. The van der Waals surface area contributed by atoms with Crippen molar-refractivity contribution in [2.75, 3.05) is 27.3 Å². The average molecular weight is 362 g/mol. The van der Waals surface area contributed by atoms with Crippen molar-refractivity contribution in [3.8, 4) is 5.88 Å². The first-order valence-electron chi connectivity index (χ1n) is 5.68. The minimum absolute atomic E-state index is 0.0381. The Morgan fingerprint density at radius 2 is 2.33 bits per heavy atom. The van der Waals surface area contributed by atoms with Crippen LogP contribution in [0.5, 0.6) is 5.88 Å². The number of likely N-dealkylation sites (tertiary alicyclic amines) is 1. The van der Waals surface area contributed by atoms with Crippen LogP contribution >= 0.6 is 22.6 Å². The number of aromatic nitrogens is 1. The Morgan fingerprint density at radius 1 is 1.56 bits per heavy atom. The van der Waals surface area contributed by atoms with Crippen LogP contribution in [-0.2, 0) is 4.74 Å². The second-order valence-electron chi connectivity index (χ2n) is 4.07. The van der Waals surface area contributed by atoms with Gasteiger partial charge in [0.1, 0.15) is 5.56 Å². The predicted molar refractivity (Wildman–Crippen MR) is 74.8 cm³/mol. The molecule has 0 saturated carbocycles. The average Bonchev–Trinajstić information content (AvgIpc) is 2.86. The SMILES string of the molecule is COc1nccc(I)c1C(=O)N1CC[C@H](OC)C1. The van der Waals surface area contributed by atoms with Gasteiger partial charge < -0.3 is 14.4 Å². The van der Waals surface area contributed by atoms with E-state index >= 15 is 0 Å². The topological polar surface area (TPSA) is 51.7 Å². The third-order valence-electron chi connectivity index (χ3n) is 3.04. The lowest BCUT2D eigenvalue weighted by molar-refractivity contribution is 0.0719. The molecule has 1 aromatic rings. The van der Waals surface area contributed by atoms with Gasteiger partial charge in [-0.2, -0.15) is 0 Å². The number of carbonyl (C=O) groups is 1. The maximum absolute atomic E-state index is 12.5. The normalized spacial score (nSPS) is 19.1. The van der Waals surface area contributed by atoms with Crippen molar-refractivity contribution >= 4 is 28.5 Å². The van der Waals surface area contributed by atoms with E-state index in [-0.39, 0.29) is 12.0 Å². The number of methoxy groups -OCH3 is 2. The van der Waals surface area contributed by atoms with E-state index in [0.29, 0.717) is 24.5 Å². The monoisotopic (exact) mass is 362 g/mol. The van der Waals surface area contributed by atoms with Crippen molar-refractivity contribution in [2.24, 2.45) is 0 Å². The van der Waals surface area contributed by atoms with E-state index in [1.165, 1.54) is 7.11 Å². The number of carbonyl (C=O) groups excluding carboxylic acids is 1. The van der Waals surface area contributed by atoms with Crippen molar-refractivity contribution in [3.05, 3.63) is 21.4 Å². The van der Waals surface area contributed by atoms with E-state index in [4.69, 9.17) is 9.47 Å². The molecule has 1 atom stereocenters. The Bertz CT molecular complexity index is 453.